The van der Waals surface area contributed by atoms with Crippen molar-refractivity contribution in [2.24, 2.45) is 0 Å². The first-order valence-corrected chi connectivity index (χ1v) is 6.69. The van der Waals surface area contributed by atoms with Crippen molar-refractivity contribution < 1.29 is 9.13 Å². The molecule has 0 radical (unpaired) electrons. The number of nitrogens with one attached hydrogen (secondary N) is 1. The van der Waals surface area contributed by atoms with Crippen molar-refractivity contribution in [3.63, 3.8) is 0 Å². The van der Waals surface area contributed by atoms with Crippen molar-refractivity contribution in [2.75, 3.05) is 11.9 Å². The molecule has 19 heavy (non-hydrogen) atoms. The minimum Gasteiger partial charge on any atom is -0.491 e. The minimum absolute atomic E-state index is 0.260. The lowest BCUT2D eigenvalue weighted by Crippen LogP contribution is -1.99. The quantitative estimate of drug-likeness (QED) is 0.904. The van der Waals surface area contributed by atoms with Crippen LogP contribution in [0.25, 0.3) is 0 Å². The summed E-state index contributed by atoms with van der Waals surface area (Å²) in [6, 6.07) is 10.5. The molecule has 0 amide bonds. The molecule has 1 aromatic heterocycles. The number of hydrogen-bond acceptors (Lipinski definition) is 4. The summed E-state index contributed by atoms with van der Waals surface area (Å²) in [6.07, 6.45) is 0. The predicted octanol–water partition coefficient (Wildman–Crippen LogP) is 3.77. The van der Waals surface area contributed by atoms with E-state index in [0.29, 0.717) is 23.7 Å². The van der Waals surface area contributed by atoms with Gasteiger partial charge < -0.3 is 10.1 Å². The molecule has 0 saturated heterocycles. The molecule has 0 atom stereocenters. The number of benzene rings is 1. The van der Waals surface area contributed by atoms with Crippen LogP contribution in [0, 0.1) is 17.1 Å². The molecule has 0 saturated carbocycles. The maximum atomic E-state index is 13.6. The molecular weight excluding hydrogens is 263 g/mol. The Morgan fingerprint density at radius 2 is 2.21 bits per heavy atom. The second-order valence-corrected chi connectivity index (χ2v) is 4.98. The van der Waals surface area contributed by atoms with E-state index in [-0.39, 0.29) is 11.6 Å². The number of anilines is 1. The van der Waals surface area contributed by atoms with Gasteiger partial charge in [-0.3, -0.25) is 0 Å². The predicted molar refractivity (Wildman–Crippen MR) is 73.9 cm³/mol. The van der Waals surface area contributed by atoms with Gasteiger partial charge in [0.25, 0.3) is 0 Å². The van der Waals surface area contributed by atoms with Crippen LogP contribution in [-0.4, -0.2) is 6.61 Å². The summed E-state index contributed by atoms with van der Waals surface area (Å²) >= 11 is 1.43. The van der Waals surface area contributed by atoms with Crippen LogP contribution >= 0.6 is 11.3 Å². The van der Waals surface area contributed by atoms with Gasteiger partial charge in [-0.1, -0.05) is 0 Å². The third-order valence-electron chi connectivity index (χ3n) is 2.47. The van der Waals surface area contributed by atoms with Crippen molar-refractivity contribution in [2.45, 2.75) is 13.5 Å². The molecule has 98 valence electrons. The van der Waals surface area contributed by atoms with Gasteiger partial charge >= 0.3 is 0 Å². The fraction of sp³-hybridized carbons (Fsp3) is 0.214. The van der Waals surface area contributed by atoms with E-state index in [2.05, 4.69) is 11.4 Å². The molecule has 0 aliphatic heterocycles. The molecule has 0 unspecified atom stereocenters. The van der Waals surface area contributed by atoms with Gasteiger partial charge in [0, 0.05) is 23.2 Å². The van der Waals surface area contributed by atoms with Crippen LogP contribution in [0.3, 0.4) is 0 Å². The number of hydrogen-bond donors (Lipinski definition) is 1. The SMILES string of the molecule is CCOc1ccc(NCc2ccc(C#N)s2)cc1F. The van der Waals surface area contributed by atoms with E-state index in [9.17, 15) is 4.39 Å². The third kappa shape index (κ3) is 3.46. The highest BCUT2D eigenvalue weighted by atomic mass is 32.1. The molecule has 1 heterocycles. The Hall–Kier alpha value is -2.06. The molecular formula is C14H13FN2OS. The van der Waals surface area contributed by atoms with E-state index in [0.717, 1.165) is 4.88 Å². The maximum absolute atomic E-state index is 13.6. The summed E-state index contributed by atoms with van der Waals surface area (Å²) in [5, 5.41) is 11.8. The number of nitrogens with zero attached hydrogens (tertiary/aromatic N) is 1. The number of halogens is 1. The molecule has 0 aliphatic rings. The standard InChI is InChI=1S/C14H13FN2OS/c1-2-18-14-6-3-10(7-13(14)15)17-9-12-5-4-11(8-16)19-12/h3-7,17H,2,9H2,1H3. The van der Waals surface area contributed by atoms with Gasteiger partial charge in [-0.05, 0) is 31.2 Å². The number of thiophene rings is 1. The maximum Gasteiger partial charge on any atom is 0.167 e. The largest absolute Gasteiger partial charge is 0.491 e. The molecule has 0 aliphatic carbocycles. The summed E-state index contributed by atoms with van der Waals surface area (Å²) in [5.74, 6) is -0.119. The highest BCUT2D eigenvalue weighted by Crippen LogP contribution is 2.22. The molecule has 2 aromatic rings. The number of nitriles is 1. The Balaban J connectivity index is 2.00. The van der Waals surface area contributed by atoms with Gasteiger partial charge in [0.2, 0.25) is 0 Å². The van der Waals surface area contributed by atoms with E-state index < -0.39 is 0 Å². The highest BCUT2D eigenvalue weighted by Gasteiger charge is 2.04. The Morgan fingerprint density at radius 1 is 1.37 bits per heavy atom. The van der Waals surface area contributed by atoms with Crippen LogP contribution in [0.5, 0.6) is 5.75 Å². The molecule has 0 fully saturated rings. The minimum atomic E-state index is -0.379. The van der Waals surface area contributed by atoms with E-state index in [1.807, 2.05) is 13.0 Å². The fourth-order valence-electron chi connectivity index (χ4n) is 1.61. The van der Waals surface area contributed by atoms with E-state index in [1.54, 1.807) is 18.2 Å². The molecule has 0 bridgehead atoms. The Bertz CT molecular complexity index is 604. The van der Waals surface area contributed by atoms with E-state index >= 15 is 0 Å². The van der Waals surface area contributed by atoms with Gasteiger partial charge in [-0.25, -0.2) is 4.39 Å². The van der Waals surface area contributed by atoms with Crippen LogP contribution in [0.15, 0.2) is 30.3 Å². The fourth-order valence-corrected chi connectivity index (χ4v) is 2.35. The van der Waals surface area contributed by atoms with Crippen molar-refractivity contribution in [3.05, 3.63) is 45.9 Å². The van der Waals surface area contributed by atoms with Gasteiger partial charge in [0.05, 0.1) is 6.61 Å². The summed E-state index contributed by atoms with van der Waals surface area (Å²) in [4.78, 5) is 1.71. The van der Waals surface area contributed by atoms with Gasteiger partial charge in [0.15, 0.2) is 11.6 Å². The molecule has 0 spiro atoms. The highest BCUT2D eigenvalue weighted by molar-refractivity contribution is 7.12. The van der Waals surface area contributed by atoms with Crippen molar-refractivity contribution >= 4 is 17.0 Å². The first-order chi connectivity index (χ1) is 9.22. The van der Waals surface area contributed by atoms with Crippen LogP contribution < -0.4 is 10.1 Å². The third-order valence-corrected chi connectivity index (χ3v) is 3.46. The van der Waals surface area contributed by atoms with E-state index in [4.69, 9.17) is 10.00 Å². The van der Waals surface area contributed by atoms with Crippen LogP contribution in [0.1, 0.15) is 16.7 Å². The topological polar surface area (TPSA) is 45.0 Å². The average molecular weight is 276 g/mol. The van der Waals surface area contributed by atoms with Crippen molar-refractivity contribution in [1.82, 2.24) is 0 Å². The van der Waals surface area contributed by atoms with Crippen LogP contribution in [0.2, 0.25) is 0 Å². The number of ether oxygens (including phenoxy) is 1. The van der Waals surface area contributed by atoms with Gasteiger partial charge in [-0.15, -0.1) is 11.3 Å². The Morgan fingerprint density at radius 3 is 2.84 bits per heavy atom. The zero-order valence-electron chi connectivity index (χ0n) is 10.4. The second-order valence-electron chi connectivity index (χ2n) is 3.81. The smallest absolute Gasteiger partial charge is 0.167 e. The normalized spacial score (nSPS) is 9.95. The molecule has 1 N–H and O–H groups in total. The first-order valence-electron chi connectivity index (χ1n) is 5.88. The van der Waals surface area contributed by atoms with Crippen molar-refractivity contribution in [1.29, 1.82) is 5.26 Å². The van der Waals surface area contributed by atoms with Crippen molar-refractivity contribution in [3.8, 4) is 11.8 Å². The molecule has 3 nitrogen and oxygen atoms in total. The van der Waals surface area contributed by atoms with Crippen LogP contribution in [-0.2, 0) is 6.54 Å². The van der Waals surface area contributed by atoms with E-state index in [1.165, 1.54) is 17.4 Å². The molecule has 2 rings (SSSR count). The van der Waals surface area contributed by atoms with Gasteiger partial charge in [0.1, 0.15) is 10.9 Å². The average Bonchev–Trinajstić information content (AvgIpc) is 2.87. The zero-order valence-corrected chi connectivity index (χ0v) is 11.3. The summed E-state index contributed by atoms with van der Waals surface area (Å²) in [7, 11) is 0. The Kier molecular flexibility index (Phi) is 4.37. The second kappa shape index (κ2) is 6.21. The Labute approximate surface area is 115 Å². The van der Waals surface area contributed by atoms with Gasteiger partial charge in [-0.2, -0.15) is 5.26 Å². The zero-order chi connectivity index (χ0) is 13.7. The monoisotopic (exact) mass is 276 g/mol. The lowest BCUT2D eigenvalue weighted by atomic mass is 10.3. The molecule has 5 heteroatoms. The summed E-state index contributed by atoms with van der Waals surface area (Å²) in [5.41, 5.74) is 0.688. The molecule has 1 aromatic carbocycles. The number of rotatable bonds is 5. The lowest BCUT2D eigenvalue weighted by molar-refractivity contribution is 0.321. The summed E-state index contributed by atoms with van der Waals surface area (Å²) in [6.45, 7) is 2.82. The first kappa shape index (κ1) is 13.4. The lowest BCUT2D eigenvalue weighted by Gasteiger charge is -2.08. The van der Waals surface area contributed by atoms with Crippen LogP contribution in [0.4, 0.5) is 10.1 Å². The summed E-state index contributed by atoms with van der Waals surface area (Å²) < 4.78 is 18.8.